The van der Waals surface area contributed by atoms with Gasteiger partial charge in [0.25, 0.3) is 0 Å². The Labute approximate surface area is 108 Å². The lowest BCUT2D eigenvalue weighted by Gasteiger charge is -2.40. The number of aromatic nitrogens is 2. The Balaban J connectivity index is 2.31. The molecule has 0 spiro atoms. The predicted molar refractivity (Wildman–Crippen MR) is 71.7 cm³/mol. The van der Waals surface area contributed by atoms with Crippen molar-refractivity contribution in [2.45, 2.75) is 58.4 Å². The average Bonchev–Trinajstić information content (AvgIpc) is 2.22. The van der Waals surface area contributed by atoms with E-state index in [1.807, 2.05) is 6.92 Å². The van der Waals surface area contributed by atoms with Crippen molar-refractivity contribution in [2.75, 3.05) is 5.32 Å². The van der Waals surface area contributed by atoms with E-state index >= 15 is 0 Å². The molecule has 2 rings (SSSR count). The molecule has 1 N–H and O–H groups in total. The molecule has 0 radical (unpaired) electrons. The molecule has 1 aromatic heterocycles. The second kappa shape index (κ2) is 4.45. The second-order valence-corrected chi connectivity index (χ2v) is 5.90. The van der Waals surface area contributed by atoms with E-state index < -0.39 is 0 Å². The molecular weight excluding hydrogens is 234 g/mol. The lowest BCUT2D eigenvalue weighted by Crippen LogP contribution is -2.42. The maximum absolute atomic E-state index is 6.16. The van der Waals surface area contributed by atoms with Crippen LogP contribution < -0.4 is 5.32 Å². The highest BCUT2D eigenvalue weighted by molar-refractivity contribution is 6.30. The van der Waals surface area contributed by atoms with E-state index in [1.54, 1.807) is 0 Å². The second-order valence-electron chi connectivity index (χ2n) is 5.54. The smallest absolute Gasteiger partial charge is 0.137 e. The fourth-order valence-electron chi connectivity index (χ4n) is 2.00. The van der Waals surface area contributed by atoms with Gasteiger partial charge < -0.3 is 5.32 Å². The summed E-state index contributed by atoms with van der Waals surface area (Å²) < 4.78 is 0. The Morgan fingerprint density at radius 1 is 1.29 bits per heavy atom. The minimum absolute atomic E-state index is 0.191. The Kier molecular flexibility index (Phi) is 3.30. The molecule has 0 bridgehead atoms. The fraction of sp³-hybridized carbons (Fsp3) is 0.692. The van der Waals surface area contributed by atoms with E-state index in [2.05, 4.69) is 36.1 Å². The molecule has 4 heteroatoms. The summed E-state index contributed by atoms with van der Waals surface area (Å²) in [6.07, 6.45) is 3.69. The number of nitrogens with zero attached hydrogens (tertiary/aromatic N) is 2. The average molecular weight is 254 g/mol. The zero-order valence-electron chi connectivity index (χ0n) is 11.0. The van der Waals surface area contributed by atoms with E-state index in [9.17, 15) is 0 Å². The van der Waals surface area contributed by atoms with Gasteiger partial charge in [0.1, 0.15) is 16.8 Å². The third kappa shape index (κ3) is 2.54. The first kappa shape index (κ1) is 12.6. The Hall–Kier alpha value is -0.830. The van der Waals surface area contributed by atoms with E-state index in [4.69, 9.17) is 11.6 Å². The molecular formula is C13H20ClN3. The number of nitrogens with one attached hydrogen (secondary N) is 1. The summed E-state index contributed by atoms with van der Waals surface area (Å²) in [7, 11) is 0. The Bertz CT molecular complexity index is 425. The molecule has 94 valence electrons. The van der Waals surface area contributed by atoms with E-state index in [1.165, 1.54) is 19.3 Å². The molecule has 0 aromatic carbocycles. The fourth-order valence-corrected chi connectivity index (χ4v) is 2.18. The summed E-state index contributed by atoms with van der Waals surface area (Å²) in [5.41, 5.74) is 1.14. The summed E-state index contributed by atoms with van der Waals surface area (Å²) in [5, 5.41) is 4.09. The molecule has 0 saturated heterocycles. The van der Waals surface area contributed by atoms with Crippen molar-refractivity contribution >= 4 is 17.4 Å². The molecule has 0 atom stereocenters. The summed E-state index contributed by atoms with van der Waals surface area (Å²) in [5.74, 6) is 2.00. The normalized spacial score (nSPS) is 18.0. The van der Waals surface area contributed by atoms with Gasteiger partial charge in [0.05, 0.1) is 0 Å². The topological polar surface area (TPSA) is 37.8 Å². The number of anilines is 1. The van der Waals surface area contributed by atoms with Gasteiger partial charge in [0.15, 0.2) is 0 Å². The summed E-state index contributed by atoms with van der Waals surface area (Å²) >= 11 is 6.16. The molecule has 3 nitrogen and oxygen atoms in total. The Morgan fingerprint density at radius 3 is 2.41 bits per heavy atom. The first-order chi connectivity index (χ1) is 7.91. The minimum Gasteiger partial charge on any atom is -0.365 e. The number of halogens is 1. The molecule has 1 aromatic rings. The van der Waals surface area contributed by atoms with E-state index in [-0.39, 0.29) is 5.54 Å². The van der Waals surface area contributed by atoms with Crippen LogP contribution in [0.4, 0.5) is 5.82 Å². The van der Waals surface area contributed by atoms with Gasteiger partial charge >= 0.3 is 0 Å². The predicted octanol–water partition coefficient (Wildman–Crippen LogP) is 3.92. The van der Waals surface area contributed by atoms with Crippen LogP contribution in [0, 0.1) is 6.92 Å². The van der Waals surface area contributed by atoms with Gasteiger partial charge in [-0.15, -0.1) is 0 Å². The molecule has 1 heterocycles. The van der Waals surface area contributed by atoms with Crippen LogP contribution in [0.2, 0.25) is 5.15 Å². The largest absolute Gasteiger partial charge is 0.365 e. The molecule has 0 aliphatic heterocycles. The molecule has 1 aliphatic rings. The van der Waals surface area contributed by atoms with Gasteiger partial charge in [-0.05, 0) is 33.1 Å². The standard InChI is InChI=1S/C13H20ClN3/c1-8(2)11-15-10(14)9(3)12(16-11)17-13(4)6-5-7-13/h8H,5-7H2,1-4H3,(H,15,16,17). The third-order valence-electron chi connectivity index (χ3n) is 3.50. The number of hydrogen-bond acceptors (Lipinski definition) is 3. The molecule has 1 fully saturated rings. The van der Waals surface area contributed by atoms with Crippen molar-refractivity contribution in [3.8, 4) is 0 Å². The van der Waals surface area contributed by atoms with Gasteiger partial charge in [0, 0.05) is 17.0 Å². The zero-order valence-corrected chi connectivity index (χ0v) is 11.7. The van der Waals surface area contributed by atoms with Crippen LogP contribution in [0.5, 0.6) is 0 Å². The third-order valence-corrected chi connectivity index (χ3v) is 3.87. The van der Waals surface area contributed by atoms with Crippen LogP contribution in [0.1, 0.15) is 57.3 Å². The van der Waals surface area contributed by atoms with E-state index in [0.29, 0.717) is 11.1 Å². The van der Waals surface area contributed by atoms with Crippen molar-refractivity contribution in [3.05, 3.63) is 16.5 Å². The van der Waals surface area contributed by atoms with Crippen LogP contribution in [-0.4, -0.2) is 15.5 Å². The summed E-state index contributed by atoms with van der Waals surface area (Å²) in [4.78, 5) is 8.91. The van der Waals surface area contributed by atoms with Crippen LogP contribution in [0.3, 0.4) is 0 Å². The monoisotopic (exact) mass is 253 g/mol. The van der Waals surface area contributed by atoms with Crippen molar-refractivity contribution in [2.24, 2.45) is 0 Å². The van der Waals surface area contributed by atoms with Crippen molar-refractivity contribution in [1.82, 2.24) is 9.97 Å². The summed E-state index contributed by atoms with van der Waals surface area (Å²) in [6, 6.07) is 0. The van der Waals surface area contributed by atoms with Gasteiger partial charge in [-0.25, -0.2) is 9.97 Å². The molecule has 1 saturated carbocycles. The lowest BCUT2D eigenvalue weighted by molar-refractivity contribution is 0.305. The quantitative estimate of drug-likeness (QED) is 0.830. The highest BCUT2D eigenvalue weighted by Crippen LogP contribution is 2.36. The number of hydrogen-bond donors (Lipinski definition) is 1. The van der Waals surface area contributed by atoms with Gasteiger partial charge in [-0.1, -0.05) is 25.4 Å². The maximum Gasteiger partial charge on any atom is 0.137 e. The molecule has 0 amide bonds. The van der Waals surface area contributed by atoms with Crippen LogP contribution in [0.25, 0.3) is 0 Å². The Morgan fingerprint density at radius 2 is 1.94 bits per heavy atom. The zero-order chi connectivity index (χ0) is 12.6. The minimum atomic E-state index is 0.191. The van der Waals surface area contributed by atoms with E-state index in [0.717, 1.165) is 17.2 Å². The van der Waals surface area contributed by atoms with Crippen molar-refractivity contribution in [1.29, 1.82) is 0 Å². The first-order valence-corrected chi connectivity index (χ1v) is 6.61. The van der Waals surface area contributed by atoms with Gasteiger partial charge in [0.2, 0.25) is 0 Å². The SMILES string of the molecule is Cc1c(Cl)nc(C(C)C)nc1NC1(C)CCC1. The van der Waals surface area contributed by atoms with Crippen LogP contribution >= 0.6 is 11.6 Å². The molecule has 17 heavy (non-hydrogen) atoms. The van der Waals surface area contributed by atoms with Crippen molar-refractivity contribution < 1.29 is 0 Å². The van der Waals surface area contributed by atoms with Gasteiger partial charge in [-0.2, -0.15) is 0 Å². The summed E-state index contributed by atoms with van der Waals surface area (Å²) in [6.45, 7) is 8.36. The highest BCUT2D eigenvalue weighted by Gasteiger charge is 2.32. The van der Waals surface area contributed by atoms with Crippen LogP contribution in [0.15, 0.2) is 0 Å². The van der Waals surface area contributed by atoms with Gasteiger partial charge in [-0.3, -0.25) is 0 Å². The van der Waals surface area contributed by atoms with Crippen molar-refractivity contribution in [3.63, 3.8) is 0 Å². The van der Waals surface area contributed by atoms with Crippen LogP contribution in [-0.2, 0) is 0 Å². The molecule has 0 unspecified atom stereocenters. The lowest BCUT2D eigenvalue weighted by atomic mass is 9.78. The maximum atomic E-state index is 6.16. The number of rotatable bonds is 3. The highest BCUT2D eigenvalue weighted by atomic mass is 35.5. The first-order valence-electron chi connectivity index (χ1n) is 6.23. The molecule has 1 aliphatic carbocycles.